The minimum atomic E-state index is -0.108. The summed E-state index contributed by atoms with van der Waals surface area (Å²) in [6.07, 6.45) is 2.90. The molecule has 0 atom stereocenters. The molecular weight excluding hydrogens is 144 g/mol. The van der Waals surface area contributed by atoms with Crippen LogP contribution < -0.4 is 0 Å². The van der Waals surface area contributed by atoms with Crippen molar-refractivity contribution in [3.05, 3.63) is 0 Å². The van der Waals surface area contributed by atoms with Crippen molar-refractivity contribution in [1.29, 1.82) is 0 Å². The Kier molecular flexibility index (Phi) is 4.02. The zero-order valence-electron chi connectivity index (χ0n) is 7.23. The third-order valence-corrected chi connectivity index (χ3v) is 2.47. The topological polar surface area (TPSA) is 17.1 Å². The lowest BCUT2D eigenvalue weighted by Crippen LogP contribution is -2.24. The maximum Gasteiger partial charge on any atom is 0.148 e. The van der Waals surface area contributed by atoms with Crippen LogP contribution in [0.1, 0.15) is 27.2 Å². The van der Waals surface area contributed by atoms with Crippen molar-refractivity contribution >= 4 is 17.5 Å². The molecule has 0 aliphatic rings. The Labute approximate surface area is 67.6 Å². The maximum absolute atomic E-state index is 11.3. The van der Waals surface area contributed by atoms with Gasteiger partial charge in [-0.1, -0.05) is 20.8 Å². The molecule has 0 aliphatic carbocycles. The van der Waals surface area contributed by atoms with Crippen LogP contribution in [0.2, 0.25) is 0 Å². The van der Waals surface area contributed by atoms with Crippen LogP contribution in [0.15, 0.2) is 0 Å². The van der Waals surface area contributed by atoms with E-state index < -0.39 is 0 Å². The second-order valence-corrected chi connectivity index (χ2v) is 3.96. The van der Waals surface area contributed by atoms with Gasteiger partial charge in [-0.05, 0) is 12.7 Å². The minimum absolute atomic E-state index is 0.108. The molecule has 0 saturated carbocycles. The Morgan fingerprint density at radius 3 is 2.30 bits per heavy atom. The van der Waals surface area contributed by atoms with Crippen LogP contribution >= 0.6 is 11.8 Å². The monoisotopic (exact) mass is 160 g/mol. The van der Waals surface area contributed by atoms with E-state index in [2.05, 4.69) is 6.92 Å². The van der Waals surface area contributed by atoms with E-state index >= 15 is 0 Å². The SMILES string of the molecule is CCC(C)(C)C(=O)CSC. The molecule has 0 fully saturated rings. The highest BCUT2D eigenvalue weighted by Crippen LogP contribution is 2.22. The number of thioether (sulfide) groups is 1. The minimum Gasteiger partial charge on any atom is -0.298 e. The summed E-state index contributed by atoms with van der Waals surface area (Å²) >= 11 is 1.60. The summed E-state index contributed by atoms with van der Waals surface area (Å²) in [4.78, 5) is 11.3. The first-order chi connectivity index (χ1) is 4.54. The normalized spacial score (nSPS) is 11.6. The Morgan fingerprint density at radius 1 is 1.50 bits per heavy atom. The molecule has 0 saturated heterocycles. The zero-order chi connectivity index (χ0) is 8.20. The van der Waals surface area contributed by atoms with E-state index in [-0.39, 0.29) is 5.41 Å². The van der Waals surface area contributed by atoms with Crippen molar-refractivity contribution in [2.45, 2.75) is 27.2 Å². The van der Waals surface area contributed by atoms with Crippen LogP contribution in [0.3, 0.4) is 0 Å². The van der Waals surface area contributed by atoms with Gasteiger partial charge in [-0.15, -0.1) is 0 Å². The van der Waals surface area contributed by atoms with E-state index in [0.717, 1.165) is 6.42 Å². The molecule has 0 N–H and O–H groups in total. The summed E-state index contributed by atoms with van der Waals surface area (Å²) in [5.41, 5.74) is -0.108. The molecular formula is C8H16OS. The molecule has 0 aromatic carbocycles. The molecule has 0 aromatic heterocycles. The smallest absolute Gasteiger partial charge is 0.148 e. The first kappa shape index (κ1) is 10.0. The molecule has 0 heterocycles. The van der Waals surface area contributed by atoms with Crippen LogP contribution in [0.25, 0.3) is 0 Å². The van der Waals surface area contributed by atoms with Crippen molar-refractivity contribution in [1.82, 2.24) is 0 Å². The summed E-state index contributed by atoms with van der Waals surface area (Å²) in [6.45, 7) is 6.06. The Balaban J connectivity index is 3.91. The molecule has 0 bridgehead atoms. The van der Waals surface area contributed by atoms with Gasteiger partial charge < -0.3 is 0 Å². The number of carbonyl (C=O) groups is 1. The standard InChI is InChI=1S/C8H16OS/c1-5-8(2,3)7(9)6-10-4/h5-6H2,1-4H3. The second kappa shape index (κ2) is 4.02. The molecule has 0 unspecified atom stereocenters. The highest BCUT2D eigenvalue weighted by molar-refractivity contribution is 7.99. The molecule has 0 radical (unpaired) electrons. The fraction of sp³-hybridized carbons (Fsp3) is 0.875. The first-order valence-corrected chi connectivity index (χ1v) is 4.96. The van der Waals surface area contributed by atoms with Gasteiger partial charge in [0.25, 0.3) is 0 Å². The molecule has 0 aliphatic heterocycles. The van der Waals surface area contributed by atoms with Crippen LogP contribution in [-0.2, 0) is 4.79 Å². The summed E-state index contributed by atoms with van der Waals surface area (Å²) < 4.78 is 0. The lowest BCUT2D eigenvalue weighted by atomic mass is 9.86. The largest absolute Gasteiger partial charge is 0.298 e. The quantitative estimate of drug-likeness (QED) is 0.628. The van der Waals surface area contributed by atoms with E-state index in [4.69, 9.17) is 0 Å². The fourth-order valence-corrected chi connectivity index (χ4v) is 1.18. The van der Waals surface area contributed by atoms with Gasteiger partial charge in [0.1, 0.15) is 5.78 Å². The Bertz CT molecular complexity index is 118. The average molecular weight is 160 g/mol. The van der Waals surface area contributed by atoms with Gasteiger partial charge >= 0.3 is 0 Å². The summed E-state index contributed by atoms with van der Waals surface area (Å²) in [7, 11) is 0. The van der Waals surface area contributed by atoms with E-state index in [1.807, 2.05) is 20.1 Å². The van der Waals surface area contributed by atoms with E-state index in [9.17, 15) is 4.79 Å². The van der Waals surface area contributed by atoms with Crippen LogP contribution in [-0.4, -0.2) is 17.8 Å². The molecule has 0 rings (SSSR count). The highest BCUT2D eigenvalue weighted by atomic mass is 32.2. The summed E-state index contributed by atoms with van der Waals surface area (Å²) in [5.74, 6) is 1.02. The van der Waals surface area contributed by atoms with Crippen molar-refractivity contribution in [2.75, 3.05) is 12.0 Å². The van der Waals surface area contributed by atoms with Gasteiger partial charge in [-0.3, -0.25) is 4.79 Å². The Morgan fingerprint density at radius 2 is 2.00 bits per heavy atom. The number of ketones is 1. The molecule has 10 heavy (non-hydrogen) atoms. The van der Waals surface area contributed by atoms with E-state index in [1.165, 1.54) is 0 Å². The van der Waals surface area contributed by atoms with Gasteiger partial charge in [0, 0.05) is 5.41 Å². The molecule has 0 aromatic rings. The van der Waals surface area contributed by atoms with Crippen molar-refractivity contribution < 1.29 is 4.79 Å². The van der Waals surface area contributed by atoms with Crippen molar-refractivity contribution in [3.63, 3.8) is 0 Å². The summed E-state index contributed by atoms with van der Waals surface area (Å²) in [5, 5.41) is 0. The third kappa shape index (κ3) is 2.74. The maximum atomic E-state index is 11.3. The number of Topliss-reactive ketones (excluding diaryl/α,β-unsaturated/α-hetero) is 1. The lowest BCUT2D eigenvalue weighted by molar-refractivity contribution is -0.124. The molecule has 1 nitrogen and oxygen atoms in total. The molecule has 0 amide bonds. The molecule has 2 heteroatoms. The fourth-order valence-electron chi connectivity index (χ4n) is 0.524. The number of hydrogen-bond acceptors (Lipinski definition) is 2. The van der Waals surface area contributed by atoms with E-state index in [0.29, 0.717) is 11.5 Å². The van der Waals surface area contributed by atoms with Crippen LogP contribution in [0.5, 0.6) is 0 Å². The molecule has 0 spiro atoms. The average Bonchev–Trinajstić information content (AvgIpc) is 1.89. The van der Waals surface area contributed by atoms with Crippen LogP contribution in [0, 0.1) is 5.41 Å². The number of carbonyl (C=O) groups excluding carboxylic acids is 1. The van der Waals surface area contributed by atoms with Gasteiger partial charge in [0.05, 0.1) is 5.75 Å². The van der Waals surface area contributed by atoms with Gasteiger partial charge in [0.2, 0.25) is 0 Å². The highest BCUT2D eigenvalue weighted by Gasteiger charge is 2.23. The second-order valence-electron chi connectivity index (χ2n) is 3.09. The number of hydrogen-bond donors (Lipinski definition) is 0. The third-order valence-electron chi connectivity index (χ3n) is 1.91. The first-order valence-electron chi connectivity index (χ1n) is 3.57. The lowest BCUT2D eigenvalue weighted by Gasteiger charge is -2.19. The predicted octanol–water partition coefficient (Wildman–Crippen LogP) is 2.35. The van der Waals surface area contributed by atoms with Gasteiger partial charge in [-0.25, -0.2) is 0 Å². The molecule has 60 valence electrons. The van der Waals surface area contributed by atoms with Crippen LogP contribution in [0.4, 0.5) is 0 Å². The summed E-state index contributed by atoms with van der Waals surface area (Å²) in [6, 6.07) is 0. The predicted molar refractivity (Wildman–Crippen MR) is 47.5 cm³/mol. The van der Waals surface area contributed by atoms with Gasteiger partial charge in [-0.2, -0.15) is 11.8 Å². The van der Waals surface area contributed by atoms with Crippen molar-refractivity contribution in [3.8, 4) is 0 Å². The Hall–Kier alpha value is 0.0200. The zero-order valence-corrected chi connectivity index (χ0v) is 8.05. The number of rotatable bonds is 4. The van der Waals surface area contributed by atoms with Crippen molar-refractivity contribution in [2.24, 2.45) is 5.41 Å². The van der Waals surface area contributed by atoms with E-state index in [1.54, 1.807) is 11.8 Å². The van der Waals surface area contributed by atoms with Gasteiger partial charge in [0.15, 0.2) is 0 Å².